The third-order valence-electron chi connectivity index (χ3n) is 5.44. The maximum Gasteiger partial charge on any atom is 0.278 e. The van der Waals surface area contributed by atoms with Gasteiger partial charge < -0.3 is 4.90 Å². The first kappa shape index (κ1) is 18.2. The Bertz CT molecular complexity index is 1320. The number of halogens is 1. The first-order chi connectivity index (χ1) is 14.3. The Kier molecular flexibility index (Phi) is 3.85. The highest BCUT2D eigenvalue weighted by molar-refractivity contribution is 5.84. The molecule has 1 aliphatic rings. The summed E-state index contributed by atoms with van der Waals surface area (Å²) in [6.45, 7) is 3.93. The number of nitrogens with one attached hydrogen (secondary N) is 1. The van der Waals surface area contributed by atoms with Gasteiger partial charge in [-0.25, -0.2) is 23.6 Å². The normalized spacial score (nSPS) is 13.8. The average Bonchev–Trinajstić information content (AvgIpc) is 3.47. The Morgan fingerprint density at radius 3 is 2.67 bits per heavy atom. The van der Waals surface area contributed by atoms with E-state index in [1.165, 1.54) is 34.0 Å². The van der Waals surface area contributed by atoms with Gasteiger partial charge in [-0.3, -0.25) is 14.7 Å². The Morgan fingerprint density at radius 1 is 1.20 bits per heavy atom. The van der Waals surface area contributed by atoms with Crippen molar-refractivity contribution in [1.29, 1.82) is 0 Å². The summed E-state index contributed by atoms with van der Waals surface area (Å²) in [4.78, 5) is 36.2. The van der Waals surface area contributed by atoms with E-state index in [1.54, 1.807) is 36.9 Å². The predicted octanol–water partition coefficient (Wildman–Crippen LogP) is 1.70. The SMILES string of the molecule is CC(C)(C(=O)N1Cc2nc3cc(-c4ccc(F)cc4)[nH]n3c(=O)c2C1)n1cncn1. The highest BCUT2D eigenvalue weighted by Crippen LogP contribution is 2.26. The molecule has 0 radical (unpaired) electrons. The van der Waals surface area contributed by atoms with Gasteiger partial charge in [0.15, 0.2) is 5.65 Å². The molecule has 0 fully saturated rings. The van der Waals surface area contributed by atoms with Gasteiger partial charge in [0.05, 0.1) is 30.0 Å². The Labute approximate surface area is 169 Å². The van der Waals surface area contributed by atoms with Crippen LogP contribution in [-0.4, -0.2) is 40.2 Å². The van der Waals surface area contributed by atoms with Crippen LogP contribution in [0.1, 0.15) is 25.1 Å². The molecule has 4 aromatic rings. The van der Waals surface area contributed by atoms with E-state index in [4.69, 9.17) is 0 Å². The summed E-state index contributed by atoms with van der Waals surface area (Å²) in [5.74, 6) is -0.506. The molecule has 152 valence electrons. The van der Waals surface area contributed by atoms with E-state index in [0.717, 1.165) is 5.56 Å². The van der Waals surface area contributed by atoms with Gasteiger partial charge in [0.1, 0.15) is 24.0 Å². The molecule has 30 heavy (non-hydrogen) atoms. The van der Waals surface area contributed by atoms with E-state index in [9.17, 15) is 14.0 Å². The fourth-order valence-corrected chi connectivity index (χ4v) is 3.72. The number of fused-ring (bicyclic) bond motifs is 2. The number of carbonyl (C=O) groups is 1. The van der Waals surface area contributed by atoms with Gasteiger partial charge in [-0.2, -0.15) is 5.10 Å². The Morgan fingerprint density at radius 2 is 1.97 bits per heavy atom. The van der Waals surface area contributed by atoms with E-state index >= 15 is 0 Å². The number of benzene rings is 1. The van der Waals surface area contributed by atoms with Crippen LogP contribution in [0, 0.1) is 5.82 Å². The Balaban J connectivity index is 1.48. The van der Waals surface area contributed by atoms with Crippen molar-refractivity contribution in [2.24, 2.45) is 0 Å². The quantitative estimate of drug-likeness (QED) is 0.557. The number of hydrogen-bond acceptors (Lipinski definition) is 5. The summed E-state index contributed by atoms with van der Waals surface area (Å²) < 4.78 is 16.0. The van der Waals surface area contributed by atoms with Crippen molar-refractivity contribution >= 4 is 11.6 Å². The van der Waals surface area contributed by atoms with Crippen molar-refractivity contribution in [3.63, 3.8) is 0 Å². The van der Waals surface area contributed by atoms with Gasteiger partial charge in [0.25, 0.3) is 11.5 Å². The minimum absolute atomic E-state index is 0.173. The van der Waals surface area contributed by atoms with E-state index in [0.29, 0.717) is 22.6 Å². The minimum atomic E-state index is -0.939. The predicted molar refractivity (Wildman–Crippen MR) is 105 cm³/mol. The van der Waals surface area contributed by atoms with Crippen molar-refractivity contribution in [2.75, 3.05) is 0 Å². The second-order valence-electron chi connectivity index (χ2n) is 7.77. The molecule has 1 aromatic carbocycles. The number of amides is 1. The highest BCUT2D eigenvalue weighted by Gasteiger charge is 2.38. The summed E-state index contributed by atoms with van der Waals surface area (Å²) in [6.07, 6.45) is 2.87. The molecule has 0 atom stereocenters. The molecule has 3 aromatic heterocycles. The second kappa shape index (κ2) is 6.34. The number of nitrogens with zero attached hydrogens (tertiary/aromatic N) is 6. The summed E-state index contributed by atoms with van der Waals surface area (Å²) in [7, 11) is 0. The number of rotatable bonds is 3. The second-order valence-corrected chi connectivity index (χ2v) is 7.77. The Hall–Kier alpha value is -3.82. The molecule has 1 N–H and O–H groups in total. The lowest BCUT2D eigenvalue weighted by molar-refractivity contribution is -0.140. The maximum absolute atomic E-state index is 13.2. The zero-order valence-electron chi connectivity index (χ0n) is 16.3. The van der Waals surface area contributed by atoms with Crippen molar-refractivity contribution in [2.45, 2.75) is 32.5 Å². The van der Waals surface area contributed by atoms with Gasteiger partial charge in [0, 0.05) is 6.07 Å². The van der Waals surface area contributed by atoms with Crippen LogP contribution >= 0.6 is 0 Å². The molecular weight excluding hydrogens is 389 g/mol. The highest BCUT2D eigenvalue weighted by atomic mass is 19.1. The molecule has 9 nitrogen and oxygen atoms in total. The number of aromatic amines is 1. The maximum atomic E-state index is 13.2. The van der Waals surface area contributed by atoms with Crippen molar-refractivity contribution < 1.29 is 9.18 Å². The van der Waals surface area contributed by atoms with Crippen LogP contribution in [0.25, 0.3) is 16.9 Å². The van der Waals surface area contributed by atoms with Crippen LogP contribution in [0.5, 0.6) is 0 Å². The topological polar surface area (TPSA) is 101 Å². The molecule has 0 spiro atoms. The molecule has 4 heterocycles. The van der Waals surface area contributed by atoms with E-state index in [2.05, 4.69) is 20.2 Å². The third kappa shape index (κ3) is 2.71. The standard InChI is InChI=1S/C20H18FN7O2/c1-20(2,27-11-22-10-23-27)19(30)26-8-14-16(9-26)24-17-7-15(25-28(17)18(14)29)12-3-5-13(21)6-4-12/h3-7,10-11,25H,8-9H2,1-2H3. The lowest BCUT2D eigenvalue weighted by Crippen LogP contribution is -2.45. The molecule has 10 heteroatoms. The van der Waals surface area contributed by atoms with Crippen molar-refractivity contribution in [3.05, 3.63) is 70.4 Å². The number of aromatic nitrogens is 6. The fourth-order valence-electron chi connectivity index (χ4n) is 3.72. The van der Waals surface area contributed by atoms with E-state index < -0.39 is 5.54 Å². The molecule has 0 bridgehead atoms. The number of hydrogen-bond donors (Lipinski definition) is 1. The molecule has 1 aliphatic heterocycles. The summed E-state index contributed by atoms with van der Waals surface area (Å²) in [5.41, 5.74) is 1.71. The number of H-pyrrole nitrogens is 1. The summed E-state index contributed by atoms with van der Waals surface area (Å²) in [6, 6.07) is 7.71. The number of carbonyl (C=O) groups excluding carboxylic acids is 1. The fraction of sp³-hybridized carbons (Fsp3) is 0.250. The van der Waals surface area contributed by atoms with Crippen LogP contribution in [0.2, 0.25) is 0 Å². The van der Waals surface area contributed by atoms with Gasteiger partial charge in [-0.05, 0) is 43.7 Å². The molecule has 0 saturated heterocycles. The van der Waals surface area contributed by atoms with Gasteiger partial charge in [-0.1, -0.05) is 0 Å². The largest absolute Gasteiger partial charge is 0.330 e. The van der Waals surface area contributed by atoms with Crippen LogP contribution in [0.3, 0.4) is 0 Å². The average molecular weight is 407 g/mol. The lowest BCUT2D eigenvalue weighted by atomic mass is 10.0. The van der Waals surface area contributed by atoms with E-state index in [1.807, 2.05) is 0 Å². The smallest absolute Gasteiger partial charge is 0.278 e. The van der Waals surface area contributed by atoms with E-state index in [-0.39, 0.29) is 30.4 Å². The van der Waals surface area contributed by atoms with Gasteiger partial charge >= 0.3 is 0 Å². The molecule has 0 saturated carbocycles. The summed E-state index contributed by atoms with van der Waals surface area (Å²) >= 11 is 0. The monoisotopic (exact) mass is 407 g/mol. The van der Waals surface area contributed by atoms with Crippen molar-refractivity contribution in [3.8, 4) is 11.3 Å². The van der Waals surface area contributed by atoms with Gasteiger partial charge in [0.2, 0.25) is 0 Å². The summed E-state index contributed by atoms with van der Waals surface area (Å²) in [5, 5.41) is 7.10. The molecule has 1 amide bonds. The molecule has 5 rings (SSSR count). The van der Waals surface area contributed by atoms with Crippen LogP contribution < -0.4 is 5.56 Å². The first-order valence-electron chi connectivity index (χ1n) is 9.38. The van der Waals surface area contributed by atoms with Crippen LogP contribution in [-0.2, 0) is 23.4 Å². The van der Waals surface area contributed by atoms with Crippen molar-refractivity contribution in [1.82, 2.24) is 34.3 Å². The van der Waals surface area contributed by atoms with Crippen LogP contribution in [0.15, 0.2) is 47.8 Å². The minimum Gasteiger partial charge on any atom is -0.330 e. The third-order valence-corrected chi connectivity index (χ3v) is 5.44. The first-order valence-corrected chi connectivity index (χ1v) is 9.38. The zero-order chi connectivity index (χ0) is 21.0. The zero-order valence-corrected chi connectivity index (χ0v) is 16.3. The molecule has 0 aliphatic carbocycles. The molecular formula is C20H18FN7O2. The molecule has 0 unspecified atom stereocenters. The van der Waals surface area contributed by atoms with Gasteiger partial charge in [-0.15, -0.1) is 0 Å². The van der Waals surface area contributed by atoms with Crippen LogP contribution in [0.4, 0.5) is 4.39 Å². The lowest BCUT2D eigenvalue weighted by Gasteiger charge is -2.28.